The van der Waals surface area contributed by atoms with Crippen molar-refractivity contribution in [1.82, 2.24) is 10.3 Å². The van der Waals surface area contributed by atoms with Crippen LogP contribution in [0.1, 0.15) is 36.5 Å². The van der Waals surface area contributed by atoms with Crippen LogP contribution in [0.25, 0.3) is 0 Å². The molecule has 0 aliphatic carbocycles. The summed E-state index contributed by atoms with van der Waals surface area (Å²) in [6, 6.07) is 3.17. The van der Waals surface area contributed by atoms with Gasteiger partial charge in [0.25, 0.3) is 5.91 Å². The summed E-state index contributed by atoms with van der Waals surface area (Å²) in [6.07, 6.45) is 2.95. The van der Waals surface area contributed by atoms with Crippen LogP contribution in [0.2, 0.25) is 5.15 Å². The molecule has 0 aliphatic heterocycles. The predicted molar refractivity (Wildman–Crippen MR) is 72.2 cm³/mol. The van der Waals surface area contributed by atoms with Gasteiger partial charge in [0.05, 0.1) is 5.56 Å². The van der Waals surface area contributed by atoms with Gasteiger partial charge in [0.1, 0.15) is 5.15 Å². The third kappa shape index (κ3) is 6.20. The lowest BCUT2D eigenvalue weighted by molar-refractivity contribution is -0.137. The summed E-state index contributed by atoms with van der Waals surface area (Å²) in [5.41, 5.74) is 0.461. The van der Waals surface area contributed by atoms with Crippen molar-refractivity contribution in [3.63, 3.8) is 0 Å². The number of carbonyl (C=O) groups is 2. The molecule has 0 aromatic carbocycles. The number of aromatic nitrogens is 1. The van der Waals surface area contributed by atoms with Crippen LogP contribution in [0.3, 0.4) is 0 Å². The summed E-state index contributed by atoms with van der Waals surface area (Å²) in [4.78, 5) is 26.0. The zero-order valence-corrected chi connectivity index (χ0v) is 11.5. The minimum absolute atomic E-state index is 0.163. The van der Waals surface area contributed by atoms with Crippen molar-refractivity contribution >= 4 is 23.5 Å². The number of halogens is 1. The average Bonchev–Trinajstić information content (AvgIpc) is 2.37. The molecule has 1 unspecified atom stereocenters. The van der Waals surface area contributed by atoms with E-state index in [1.54, 1.807) is 12.1 Å². The quantitative estimate of drug-likeness (QED) is 0.753. The molecule has 6 heteroatoms. The Morgan fingerprint density at radius 2 is 2.16 bits per heavy atom. The van der Waals surface area contributed by atoms with Crippen LogP contribution in [0.15, 0.2) is 18.3 Å². The molecular formula is C13H17ClN2O3. The van der Waals surface area contributed by atoms with E-state index in [-0.39, 0.29) is 18.2 Å². The van der Waals surface area contributed by atoms with E-state index < -0.39 is 5.97 Å². The van der Waals surface area contributed by atoms with E-state index in [0.29, 0.717) is 23.7 Å². The highest BCUT2D eigenvalue weighted by molar-refractivity contribution is 6.29. The summed E-state index contributed by atoms with van der Waals surface area (Å²) >= 11 is 5.63. The third-order valence-corrected chi connectivity index (χ3v) is 2.99. The first-order valence-corrected chi connectivity index (χ1v) is 6.48. The van der Waals surface area contributed by atoms with Gasteiger partial charge in [-0.15, -0.1) is 0 Å². The van der Waals surface area contributed by atoms with Gasteiger partial charge in [0.15, 0.2) is 0 Å². The molecule has 2 N–H and O–H groups in total. The first kappa shape index (κ1) is 15.4. The van der Waals surface area contributed by atoms with Crippen molar-refractivity contribution in [2.75, 3.05) is 6.54 Å². The average molecular weight is 285 g/mol. The number of amides is 1. The zero-order chi connectivity index (χ0) is 14.3. The smallest absolute Gasteiger partial charge is 0.303 e. The molecule has 0 saturated carbocycles. The number of hydrogen-bond donors (Lipinski definition) is 2. The van der Waals surface area contributed by atoms with E-state index >= 15 is 0 Å². The highest BCUT2D eigenvalue weighted by atomic mass is 35.5. The fraction of sp³-hybridized carbons (Fsp3) is 0.462. The lowest BCUT2D eigenvalue weighted by atomic mass is 10.0. The number of nitrogens with zero attached hydrogens (tertiary/aromatic N) is 1. The number of carboxylic acid groups (broad SMARTS) is 1. The maximum Gasteiger partial charge on any atom is 0.303 e. The van der Waals surface area contributed by atoms with Crippen LogP contribution < -0.4 is 5.32 Å². The highest BCUT2D eigenvalue weighted by Crippen LogP contribution is 2.09. The van der Waals surface area contributed by atoms with E-state index in [1.165, 1.54) is 6.20 Å². The van der Waals surface area contributed by atoms with Gasteiger partial charge < -0.3 is 10.4 Å². The number of nitrogens with one attached hydrogen (secondary N) is 1. The van der Waals surface area contributed by atoms with Crippen LogP contribution in [0, 0.1) is 5.92 Å². The summed E-state index contributed by atoms with van der Waals surface area (Å²) in [7, 11) is 0. The molecule has 1 aromatic rings. The molecule has 1 atom stereocenters. The van der Waals surface area contributed by atoms with E-state index in [1.807, 2.05) is 6.92 Å². The fourth-order valence-electron chi connectivity index (χ4n) is 1.56. The molecule has 0 saturated heterocycles. The van der Waals surface area contributed by atoms with Crippen molar-refractivity contribution < 1.29 is 14.7 Å². The summed E-state index contributed by atoms with van der Waals surface area (Å²) < 4.78 is 0. The van der Waals surface area contributed by atoms with Gasteiger partial charge in [-0.25, -0.2) is 4.98 Å². The van der Waals surface area contributed by atoms with Crippen molar-refractivity contribution in [3.8, 4) is 0 Å². The Morgan fingerprint density at radius 1 is 1.42 bits per heavy atom. The largest absolute Gasteiger partial charge is 0.481 e. The first-order valence-electron chi connectivity index (χ1n) is 6.10. The lowest BCUT2D eigenvalue weighted by Gasteiger charge is -2.10. The Morgan fingerprint density at radius 3 is 2.74 bits per heavy atom. The Bertz CT molecular complexity index is 434. The number of rotatable bonds is 7. The molecule has 0 spiro atoms. The van der Waals surface area contributed by atoms with Gasteiger partial charge >= 0.3 is 5.97 Å². The van der Waals surface area contributed by atoms with Gasteiger partial charge in [-0.05, 0) is 30.9 Å². The van der Waals surface area contributed by atoms with E-state index in [2.05, 4.69) is 10.3 Å². The number of carboxylic acids is 1. The molecule has 5 nitrogen and oxygen atoms in total. The normalized spacial score (nSPS) is 11.9. The molecule has 19 heavy (non-hydrogen) atoms. The molecular weight excluding hydrogens is 268 g/mol. The number of pyridine rings is 1. The van der Waals surface area contributed by atoms with Gasteiger partial charge in [-0.3, -0.25) is 9.59 Å². The number of aliphatic carboxylic acids is 1. The molecule has 0 fully saturated rings. The van der Waals surface area contributed by atoms with E-state index in [0.717, 1.165) is 6.42 Å². The maximum absolute atomic E-state index is 11.7. The van der Waals surface area contributed by atoms with Crippen LogP contribution in [0.4, 0.5) is 0 Å². The minimum atomic E-state index is -0.789. The molecule has 1 amide bonds. The molecule has 0 radical (unpaired) electrons. The molecule has 1 aromatic heterocycles. The number of hydrogen-bond acceptors (Lipinski definition) is 3. The van der Waals surface area contributed by atoms with Gasteiger partial charge in [-0.1, -0.05) is 18.5 Å². The second-order valence-corrected chi connectivity index (χ2v) is 4.84. The van der Waals surface area contributed by atoms with Gasteiger partial charge in [0.2, 0.25) is 0 Å². The van der Waals surface area contributed by atoms with Gasteiger partial charge in [-0.2, -0.15) is 0 Å². The molecule has 1 heterocycles. The summed E-state index contributed by atoms with van der Waals surface area (Å²) in [5, 5.41) is 11.7. The molecule has 0 bridgehead atoms. The summed E-state index contributed by atoms with van der Waals surface area (Å²) in [5.74, 6) is -0.725. The van der Waals surface area contributed by atoms with Crippen LogP contribution in [-0.2, 0) is 4.79 Å². The number of carbonyl (C=O) groups excluding carboxylic acids is 1. The van der Waals surface area contributed by atoms with Crippen molar-refractivity contribution in [1.29, 1.82) is 0 Å². The third-order valence-electron chi connectivity index (χ3n) is 2.76. The Hall–Kier alpha value is -1.62. The first-order chi connectivity index (χ1) is 8.99. The topological polar surface area (TPSA) is 79.3 Å². The Balaban J connectivity index is 2.27. The monoisotopic (exact) mass is 284 g/mol. The fourth-order valence-corrected chi connectivity index (χ4v) is 1.67. The van der Waals surface area contributed by atoms with Gasteiger partial charge in [0, 0.05) is 19.2 Å². The zero-order valence-electron chi connectivity index (χ0n) is 10.7. The van der Waals surface area contributed by atoms with Crippen LogP contribution in [-0.4, -0.2) is 28.5 Å². The Kier molecular flexibility index (Phi) is 6.29. The summed E-state index contributed by atoms with van der Waals surface area (Å²) in [6.45, 7) is 2.49. The second kappa shape index (κ2) is 7.74. The SMILES string of the molecule is CC(CCNC(=O)c1ccc(Cl)nc1)CCC(=O)O. The lowest BCUT2D eigenvalue weighted by Crippen LogP contribution is -2.25. The maximum atomic E-state index is 11.7. The van der Waals surface area contributed by atoms with E-state index in [9.17, 15) is 9.59 Å². The predicted octanol–water partition coefficient (Wildman–Crippen LogP) is 2.36. The highest BCUT2D eigenvalue weighted by Gasteiger charge is 2.08. The second-order valence-electron chi connectivity index (χ2n) is 4.45. The minimum Gasteiger partial charge on any atom is -0.481 e. The van der Waals surface area contributed by atoms with E-state index in [4.69, 9.17) is 16.7 Å². The van der Waals surface area contributed by atoms with Crippen molar-refractivity contribution in [2.24, 2.45) is 5.92 Å². The van der Waals surface area contributed by atoms with Crippen LogP contribution >= 0.6 is 11.6 Å². The van der Waals surface area contributed by atoms with Crippen molar-refractivity contribution in [2.45, 2.75) is 26.2 Å². The molecule has 0 aliphatic rings. The standard InChI is InChI=1S/C13H17ClN2O3/c1-9(2-5-12(17)18)6-7-15-13(19)10-3-4-11(14)16-8-10/h3-4,8-9H,2,5-7H2,1H3,(H,15,19)(H,17,18). The molecule has 1 rings (SSSR count). The Labute approximate surface area is 117 Å². The van der Waals surface area contributed by atoms with Crippen molar-refractivity contribution in [3.05, 3.63) is 29.0 Å². The molecule has 104 valence electrons. The van der Waals surface area contributed by atoms with Crippen LogP contribution in [0.5, 0.6) is 0 Å².